The van der Waals surface area contributed by atoms with Crippen molar-refractivity contribution < 1.29 is 0 Å². The second-order valence-electron chi connectivity index (χ2n) is 2.48. The van der Waals surface area contributed by atoms with Gasteiger partial charge in [0.2, 0.25) is 0 Å². The van der Waals surface area contributed by atoms with Crippen molar-refractivity contribution in [3.63, 3.8) is 0 Å². The molecule has 0 aliphatic rings. The minimum Gasteiger partial charge on any atom is -0.260 e. The summed E-state index contributed by atoms with van der Waals surface area (Å²) in [6.45, 7) is 6.10. The molecular formula is C9H11BrN. The molecular weight excluding hydrogens is 202 g/mol. The van der Waals surface area contributed by atoms with Crippen LogP contribution in [0.4, 0.5) is 0 Å². The summed E-state index contributed by atoms with van der Waals surface area (Å²) in [5, 5.41) is 0. The lowest BCUT2D eigenvalue weighted by atomic mass is 10.1. The Morgan fingerprint density at radius 1 is 1.73 bits per heavy atom. The van der Waals surface area contributed by atoms with E-state index in [1.165, 1.54) is 0 Å². The minimum atomic E-state index is 0.297. The third kappa shape index (κ3) is 2.03. The smallest absolute Gasteiger partial charge is 0.0576 e. The molecule has 1 heterocycles. The normalized spacial score (nSPS) is 13.0. The zero-order valence-corrected chi connectivity index (χ0v) is 8.13. The quantitative estimate of drug-likeness (QED) is 0.735. The van der Waals surface area contributed by atoms with Crippen LogP contribution in [0, 0.1) is 6.92 Å². The molecule has 0 aromatic carbocycles. The maximum Gasteiger partial charge on any atom is 0.0576 e. The van der Waals surface area contributed by atoms with Gasteiger partial charge < -0.3 is 0 Å². The van der Waals surface area contributed by atoms with Crippen molar-refractivity contribution in [2.24, 2.45) is 0 Å². The molecule has 0 fully saturated rings. The lowest BCUT2D eigenvalue weighted by Crippen LogP contribution is -1.95. The summed E-state index contributed by atoms with van der Waals surface area (Å²) in [5.41, 5.74) is 1.05. The Labute approximate surface area is 76.0 Å². The molecule has 1 aromatic heterocycles. The van der Waals surface area contributed by atoms with Gasteiger partial charge in [-0.1, -0.05) is 6.92 Å². The van der Waals surface area contributed by atoms with Gasteiger partial charge in [0.1, 0.15) is 0 Å². The number of nitrogens with zero attached hydrogens (tertiary/aromatic N) is 1. The van der Waals surface area contributed by atoms with Crippen LogP contribution in [0.25, 0.3) is 0 Å². The predicted molar refractivity (Wildman–Crippen MR) is 50.3 cm³/mol. The second-order valence-corrected chi connectivity index (χ2v) is 3.33. The first kappa shape index (κ1) is 8.72. The van der Waals surface area contributed by atoms with Crippen molar-refractivity contribution in [3.8, 4) is 0 Å². The van der Waals surface area contributed by atoms with E-state index in [9.17, 15) is 0 Å². The molecule has 11 heavy (non-hydrogen) atoms. The first-order valence-corrected chi connectivity index (χ1v) is 4.48. The van der Waals surface area contributed by atoms with Crippen LogP contribution in [0.2, 0.25) is 0 Å². The molecule has 0 amide bonds. The number of pyridine rings is 1. The molecule has 1 atom stereocenters. The zero-order valence-electron chi connectivity index (χ0n) is 6.55. The molecule has 1 unspecified atom stereocenters. The van der Waals surface area contributed by atoms with E-state index in [0.717, 1.165) is 16.6 Å². The molecule has 2 heteroatoms. The van der Waals surface area contributed by atoms with Gasteiger partial charge in [-0.2, -0.15) is 0 Å². The first-order valence-electron chi connectivity index (χ1n) is 3.69. The number of halogens is 1. The van der Waals surface area contributed by atoms with Gasteiger partial charge in [0, 0.05) is 16.6 Å². The lowest BCUT2D eigenvalue weighted by molar-refractivity contribution is 0.766. The average Bonchev–Trinajstić information content (AvgIpc) is 2.04. The van der Waals surface area contributed by atoms with Gasteiger partial charge in [0.15, 0.2) is 0 Å². The van der Waals surface area contributed by atoms with E-state index in [1.807, 2.05) is 12.1 Å². The molecule has 1 nitrogen and oxygen atoms in total. The van der Waals surface area contributed by atoms with Crippen LogP contribution in [-0.2, 0) is 0 Å². The number of hydrogen-bond acceptors (Lipinski definition) is 1. The Hall–Kier alpha value is -0.370. The zero-order chi connectivity index (χ0) is 8.27. The highest BCUT2D eigenvalue weighted by Gasteiger charge is 2.06. The van der Waals surface area contributed by atoms with E-state index in [1.54, 1.807) is 6.20 Å². The predicted octanol–water partition coefficient (Wildman–Crippen LogP) is 3.17. The van der Waals surface area contributed by atoms with Crippen LogP contribution in [0.15, 0.2) is 22.8 Å². The van der Waals surface area contributed by atoms with E-state index in [2.05, 4.69) is 34.8 Å². The van der Waals surface area contributed by atoms with Gasteiger partial charge in [-0.05, 0) is 41.4 Å². The minimum absolute atomic E-state index is 0.297. The number of aromatic nitrogens is 1. The Morgan fingerprint density at radius 2 is 2.45 bits per heavy atom. The highest BCUT2D eigenvalue weighted by Crippen LogP contribution is 2.23. The molecule has 0 N–H and O–H groups in total. The van der Waals surface area contributed by atoms with Crippen LogP contribution in [0.1, 0.15) is 25.0 Å². The van der Waals surface area contributed by atoms with Crippen LogP contribution >= 0.6 is 15.9 Å². The summed E-state index contributed by atoms with van der Waals surface area (Å²) in [6.07, 6.45) is 2.82. The molecule has 0 saturated carbocycles. The van der Waals surface area contributed by atoms with Crippen LogP contribution in [0.5, 0.6) is 0 Å². The van der Waals surface area contributed by atoms with Crippen LogP contribution in [-0.4, -0.2) is 4.98 Å². The van der Waals surface area contributed by atoms with Gasteiger partial charge in [0.05, 0.1) is 5.69 Å². The maximum absolute atomic E-state index is 4.24. The molecule has 0 bridgehead atoms. The summed E-state index contributed by atoms with van der Waals surface area (Å²) in [5.74, 6) is 0.297. The van der Waals surface area contributed by atoms with Gasteiger partial charge >= 0.3 is 0 Å². The number of rotatable bonds is 2. The number of hydrogen-bond donors (Lipinski definition) is 0. The summed E-state index contributed by atoms with van der Waals surface area (Å²) in [6, 6.07) is 3.91. The van der Waals surface area contributed by atoms with E-state index in [4.69, 9.17) is 0 Å². The Kier molecular flexibility index (Phi) is 3.06. The summed E-state index contributed by atoms with van der Waals surface area (Å²) in [4.78, 5) is 4.24. The standard InChI is InChI=1S/C9H11BrN/c1-3-7(2)9-8(10)5-4-6-11-9/h4-7H,2-3H2,1H3. The monoisotopic (exact) mass is 212 g/mol. The molecule has 0 spiro atoms. The highest BCUT2D eigenvalue weighted by atomic mass is 79.9. The summed E-state index contributed by atoms with van der Waals surface area (Å²) < 4.78 is 1.06. The second kappa shape index (κ2) is 3.86. The van der Waals surface area contributed by atoms with E-state index < -0.39 is 0 Å². The van der Waals surface area contributed by atoms with Crippen molar-refractivity contribution in [2.45, 2.75) is 19.3 Å². The Morgan fingerprint density at radius 3 is 3.00 bits per heavy atom. The summed E-state index contributed by atoms with van der Waals surface area (Å²) >= 11 is 3.44. The highest BCUT2D eigenvalue weighted by molar-refractivity contribution is 9.10. The molecule has 0 saturated heterocycles. The lowest BCUT2D eigenvalue weighted by Gasteiger charge is -2.08. The van der Waals surface area contributed by atoms with Crippen molar-refractivity contribution in [2.75, 3.05) is 0 Å². The van der Waals surface area contributed by atoms with E-state index in [0.29, 0.717) is 5.92 Å². The van der Waals surface area contributed by atoms with Gasteiger partial charge in [-0.3, -0.25) is 4.98 Å². The largest absolute Gasteiger partial charge is 0.260 e. The Balaban J connectivity index is 2.93. The van der Waals surface area contributed by atoms with Crippen molar-refractivity contribution in [3.05, 3.63) is 35.4 Å². The van der Waals surface area contributed by atoms with Crippen molar-refractivity contribution in [1.82, 2.24) is 4.98 Å². The Bertz CT molecular complexity index is 235. The molecule has 1 aromatic rings. The fraction of sp³-hybridized carbons (Fsp3) is 0.333. The topological polar surface area (TPSA) is 12.9 Å². The van der Waals surface area contributed by atoms with Crippen LogP contribution < -0.4 is 0 Å². The molecule has 0 aliphatic heterocycles. The van der Waals surface area contributed by atoms with Gasteiger partial charge in [-0.25, -0.2) is 0 Å². The fourth-order valence-electron chi connectivity index (χ4n) is 0.892. The fourth-order valence-corrected chi connectivity index (χ4v) is 1.47. The van der Waals surface area contributed by atoms with Gasteiger partial charge in [-0.15, -0.1) is 0 Å². The third-order valence-corrected chi connectivity index (χ3v) is 2.34. The van der Waals surface area contributed by atoms with E-state index in [-0.39, 0.29) is 0 Å². The molecule has 1 rings (SSSR count). The summed E-state index contributed by atoms with van der Waals surface area (Å²) in [7, 11) is 0. The third-order valence-electron chi connectivity index (χ3n) is 1.67. The maximum atomic E-state index is 4.24. The van der Waals surface area contributed by atoms with Crippen LogP contribution in [0.3, 0.4) is 0 Å². The van der Waals surface area contributed by atoms with Crippen molar-refractivity contribution in [1.29, 1.82) is 0 Å². The van der Waals surface area contributed by atoms with Gasteiger partial charge in [0.25, 0.3) is 0 Å². The molecule has 0 aliphatic carbocycles. The van der Waals surface area contributed by atoms with E-state index >= 15 is 0 Å². The SMILES string of the molecule is [CH2]C(CC)c1ncccc1Br. The first-order chi connectivity index (χ1) is 5.25. The average molecular weight is 213 g/mol. The molecule has 59 valence electrons. The van der Waals surface area contributed by atoms with Crippen molar-refractivity contribution >= 4 is 15.9 Å². The molecule has 1 radical (unpaired) electrons.